The third kappa shape index (κ3) is 3.88. The average Bonchev–Trinajstić information content (AvgIpc) is 2.77. The number of nitrogens with two attached hydrogens (primary N) is 1. The third-order valence-corrected chi connectivity index (χ3v) is 3.50. The van der Waals surface area contributed by atoms with Crippen molar-refractivity contribution in [2.24, 2.45) is 0 Å². The number of amides is 1. The van der Waals surface area contributed by atoms with Crippen molar-refractivity contribution in [1.29, 1.82) is 0 Å². The summed E-state index contributed by atoms with van der Waals surface area (Å²) in [7, 11) is 0. The molecule has 1 amide bonds. The van der Waals surface area contributed by atoms with E-state index in [0.717, 1.165) is 4.47 Å². The minimum absolute atomic E-state index is 0.204. The van der Waals surface area contributed by atoms with Crippen LogP contribution in [0.3, 0.4) is 0 Å². The number of nitrogen functional groups attached to an aromatic ring is 1. The summed E-state index contributed by atoms with van der Waals surface area (Å²) in [5, 5.41) is 7.35. The number of aryl methyl sites for hydroxylation is 1. The van der Waals surface area contributed by atoms with Gasteiger partial charge in [0.25, 0.3) is 0 Å². The molecule has 1 aromatic heterocycles. The Morgan fingerprint density at radius 1 is 1.40 bits per heavy atom. The molecule has 0 bridgehead atoms. The lowest BCUT2D eigenvalue weighted by Crippen LogP contribution is -2.15. The van der Waals surface area contributed by atoms with E-state index < -0.39 is 0 Å². The number of carbonyl (C=O) groups excluding carboxylic acids is 1. The van der Waals surface area contributed by atoms with Gasteiger partial charge in [-0.15, -0.1) is 0 Å². The molecule has 0 saturated carbocycles. The van der Waals surface area contributed by atoms with Crippen molar-refractivity contribution < 1.29 is 4.79 Å². The van der Waals surface area contributed by atoms with Crippen molar-refractivity contribution in [1.82, 2.24) is 9.78 Å². The number of halogens is 3. The second-order valence-corrected chi connectivity index (χ2v) is 5.81. The van der Waals surface area contributed by atoms with E-state index in [0.29, 0.717) is 28.0 Å². The summed E-state index contributed by atoms with van der Waals surface area (Å²) in [6.07, 6.45) is 3.70. The van der Waals surface area contributed by atoms with Gasteiger partial charge in [0, 0.05) is 24.8 Å². The molecular weight excluding hydrogens is 367 g/mol. The molecule has 0 atom stereocenters. The van der Waals surface area contributed by atoms with Crippen LogP contribution in [0.1, 0.15) is 6.42 Å². The highest BCUT2D eigenvalue weighted by molar-refractivity contribution is 9.10. The molecule has 0 spiro atoms. The van der Waals surface area contributed by atoms with Crippen LogP contribution < -0.4 is 11.1 Å². The van der Waals surface area contributed by atoms with E-state index in [1.54, 1.807) is 17.1 Å². The van der Waals surface area contributed by atoms with E-state index >= 15 is 0 Å². The van der Waals surface area contributed by atoms with Gasteiger partial charge in [0.2, 0.25) is 5.91 Å². The molecule has 0 aliphatic carbocycles. The quantitative estimate of drug-likeness (QED) is 0.800. The molecule has 0 unspecified atom stereocenters. The van der Waals surface area contributed by atoms with Crippen LogP contribution >= 0.6 is 39.1 Å². The summed E-state index contributed by atoms with van der Waals surface area (Å²) < 4.78 is 2.53. The van der Waals surface area contributed by atoms with E-state index in [9.17, 15) is 4.79 Å². The molecule has 2 aromatic rings. The highest BCUT2D eigenvalue weighted by Crippen LogP contribution is 2.32. The second-order valence-electron chi connectivity index (χ2n) is 4.08. The van der Waals surface area contributed by atoms with Crippen molar-refractivity contribution >= 4 is 56.4 Å². The summed E-state index contributed by atoms with van der Waals surface area (Å²) in [6, 6.07) is 3.07. The molecule has 1 aromatic carbocycles. The molecule has 106 valence electrons. The van der Waals surface area contributed by atoms with Gasteiger partial charge in [-0.05, 0) is 28.1 Å². The highest BCUT2D eigenvalue weighted by Gasteiger charge is 2.11. The minimum atomic E-state index is -0.204. The molecule has 0 radical (unpaired) electrons. The Balaban J connectivity index is 1.98. The van der Waals surface area contributed by atoms with Crippen molar-refractivity contribution in [2.45, 2.75) is 13.0 Å². The van der Waals surface area contributed by atoms with Gasteiger partial charge in [-0.1, -0.05) is 23.2 Å². The number of nitrogens with one attached hydrogen (secondary N) is 1. The predicted octanol–water partition coefficient (Wildman–Crippen LogP) is 3.56. The fourth-order valence-corrected chi connectivity index (χ4v) is 2.52. The molecule has 0 fully saturated rings. The second kappa shape index (κ2) is 6.47. The molecule has 0 aliphatic rings. The Bertz CT molecular complexity index is 621. The van der Waals surface area contributed by atoms with Gasteiger partial charge in [0.1, 0.15) is 0 Å². The smallest absolute Gasteiger partial charge is 0.226 e. The SMILES string of the molecule is Nc1cc(Cl)c(NC(=O)CCn2cc(Br)cn2)c(Cl)c1. The fourth-order valence-electron chi connectivity index (χ4n) is 1.59. The Kier molecular flexibility index (Phi) is 4.91. The van der Waals surface area contributed by atoms with Gasteiger partial charge in [0.15, 0.2) is 0 Å². The van der Waals surface area contributed by atoms with Gasteiger partial charge in [-0.25, -0.2) is 0 Å². The van der Waals surface area contributed by atoms with Gasteiger partial charge in [0.05, 0.1) is 26.4 Å². The molecule has 1 heterocycles. The topological polar surface area (TPSA) is 72.9 Å². The number of hydrogen-bond acceptors (Lipinski definition) is 3. The van der Waals surface area contributed by atoms with E-state index in [-0.39, 0.29) is 12.3 Å². The number of nitrogens with zero attached hydrogens (tertiary/aromatic N) is 2. The van der Waals surface area contributed by atoms with Crippen molar-refractivity contribution in [3.05, 3.63) is 39.0 Å². The van der Waals surface area contributed by atoms with Crippen LogP contribution in [-0.4, -0.2) is 15.7 Å². The highest BCUT2D eigenvalue weighted by atomic mass is 79.9. The normalized spacial score (nSPS) is 10.6. The lowest BCUT2D eigenvalue weighted by atomic mass is 10.2. The predicted molar refractivity (Wildman–Crippen MR) is 84.0 cm³/mol. The summed E-state index contributed by atoms with van der Waals surface area (Å²) in [5.41, 5.74) is 6.41. The Morgan fingerprint density at radius 2 is 2.05 bits per heavy atom. The lowest BCUT2D eigenvalue weighted by molar-refractivity contribution is -0.116. The monoisotopic (exact) mass is 376 g/mol. The first-order chi connectivity index (χ1) is 9.45. The molecule has 5 nitrogen and oxygen atoms in total. The lowest BCUT2D eigenvalue weighted by Gasteiger charge is -2.10. The molecule has 8 heteroatoms. The van der Waals surface area contributed by atoms with Crippen molar-refractivity contribution in [2.75, 3.05) is 11.1 Å². The minimum Gasteiger partial charge on any atom is -0.399 e. The third-order valence-electron chi connectivity index (χ3n) is 2.50. The maximum atomic E-state index is 11.9. The summed E-state index contributed by atoms with van der Waals surface area (Å²) in [6.45, 7) is 0.460. The number of aromatic nitrogens is 2. The average molecular weight is 378 g/mol. The zero-order valence-corrected chi connectivity index (χ0v) is 13.3. The van der Waals surface area contributed by atoms with E-state index in [1.807, 2.05) is 0 Å². The zero-order chi connectivity index (χ0) is 14.7. The molecule has 20 heavy (non-hydrogen) atoms. The summed E-state index contributed by atoms with van der Waals surface area (Å²) >= 11 is 15.3. The standard InChI is InChI=1S/C12H11BrCl2N4O/c13-7-5-17-19(6-7)2-1-11(20)18-12-9(14)3-8(16)4-10(12)15/h3-6H,1-2,16H2,(H,18,20). The van der Waals surface area contributed by atoms with Crippen molar-refractivity contribution in [3.63, 3.8) is 0 Å². The fraction of sp³-hybridized carbons (Fsp3) is 0.167. The van der Waals surface area contributed by atoms with E-state index in [4.69, 9.17) is 28.9 Å². The molecule has 2 rings (SSSR count). The number of carbonyl (C=O) groups is 1. The van der Waals surface area contributed by atoms with E-state index in [1.165, 1.54) is 12.1 Å². The van der Waals surface area contributed by atoms with Gasteiger partial charge in [-0.3, -0.25) is 9.48 Å². The Hall–Kier alpha value is -1.24. The van der Waals surface area contributed by atoms with Crippen LogP contribution in [0.4, 0.5) is 11.4 Å². The molecule has 3 N–H and O–H groups in total. The van der Waals surface area contributed by atoms with Crippen LogP contribution in [0.5, 0.6) is 0 Å². The summed E-state index contributed by atoms with van der Waals surface area (Å²) in [4.78, 5) is 11.9. The first-order valence-electron chi connectivity index (χ1n) is 5.68. The van der Waals surface area contributed by atoms with Crippen molar-refractivity contribution in [3.8, 4) is 0 Å². The van der Waals surface area contributed by atoms with Crippen LogP contribution in [0.25, 0.3) is 0 Å². The van der Waals surface area contributed by atoms with Gasteiger partial charge in [-0.2, -0.15) is 5.10 Å². The molecule has 0 saturated heterocycles. The first kappa shape index (κ1) is 15.2. The van der Waals surface area contributed by atoms with Gasteiger partial charge >= 0.3 is 0 Å². The number of anilines is 2. The maximum Gasteiger partial charge on any atom is 0.226 e. The molecule has 0 aliphatic heterocycles. The van der Waals surface area contributed by atoms with E-state index in [2.05, 4.69) is 26.3 Å². The molecular formula is C12H11BrCl2N4O. The Morgan fingerprint density at radius 3 is 2.60 bits per heavy atom. The first-order valence-corrected chi connectivity index (χ1v) is 7.23. The zero-order valence-electron chi connectivity index (χ0n) is 10.2. The van der Waals surface area contributed by atoms with Crippen LogP contribution in [0.2, 0.25) is 10.0 Å². The largest absolute Gasteiger partial charge is 0.399 e. The summed E-state index contributed by atoms with van der Waals surface area (Å²) in [5.74, 6) is -0.204. The maximum absolute atomic E-state index is 11.9. The number of rotatable bonds is 4. The van der Waals surface area contributed by atoms with Crippen LogP contribution in [0, 0.1) is 0 Å². The number of benzene rings is 1. The Labute approximate surface area is 134 Å². The van der Waals surface area contributed by atoms with Gasteiger partial charge < -0.3 is 11.1 Å². The number of hydrogen-bond donors (Lipinski definition) is 2. The van der Waals surface area contributed by atoms with Crippen LogP contribution in [0.15, 0.2) is 29.0 Å². The van der Waals surface area contributed by atoms with Crippen LogP contribution in [-0.2, 0) is 11.3 Å².